The van der Waals surface area contributed by atoms with Crippen molar-refractivity contribution in [3.05, 3.63) is 60.7 Å². The molecule has 0 atom stereocenters. The summed E-state index contributed by atoms with van der Waals surface area (Å²) in [5, 5.41) is 0. The van der Waals surface area contributed by atoms with E-state index in [0.29, 0.717) is 35.2 Å². The van der Waals surface area contributed by atoms with Crippen molar-refractivity contribution in [2.24, 2.45) is 0 Å². The molecule has 0 radical (unpaired) electrons. The molecule has 0 fully saturated rings. The smallest absolute Gasteiger partial charge is 0.150 e. The highest BCUT2D eigenvalue weighted by Gasteiger charge is 2.05. The molecule has 0 aromatic heterocycles. The van der Waals surface area contributed by atoms with Gasteiger partial charge < -0.3 is 14.2 Å². The first kappa shape index (κ1) is 14.7. The zero-order valence-corrected chi connectivity index (χ0v) is 11.7. The van der Waals surface area contributed by atoms with Crippen LogP contribution in [0.15, 0.2) is 55.1 Å². The molecule has 4 heteroatoms. The highest BCUT2D eigenvalue weighted by atomic mass is 16.5. The normalized spacial score (nSPS) is 9.76. The van der Waals surface area contributed by atoms with E-state index >= 15 is 0 Å². The van der Waals surface area contributed by atoms with Crippen molar-refractivity contribution in [1.29, 1.82) is 0 Å². The second-order valence-corrected chi connectivity index (χ2v) is 4.23. The molecule has 0 saturated carbocycles. The van der Waals surface area contributed by atoms with E-state index in [0.717, 1.165) is 6.29 Å². The van der Waals surface area contributed by atoms with Crippen LogP contribution in [0.2, 0.25) is 0 Å². The van der Waals surface area contributed by atoms with Gasteiger partial charge in [0.2, 0.25) is 0 Å². The summed E-state index contributed by atoms with van der Waals surface area (Å²) in [7, 11) is 1.58. The van der Waals surface area contributed by atoms with Crippen LogP contribution in [0, 0.1) is 0 Å². The Labute approximate surface area is 123 Å². The zero-order chi connectivity index (χ0) is 15.1. The molecule has 108 valence electrons. The molecule has 0 aliphatic rings. The largest absolute Gasteiger partial charge is 0.496 e. The van der Waals surface area contributed by atoms with Crippen LogP contribution in [0.25, 0.3) is 0 Å². The van der Waals surface area contributed by atoms with Crippen LogP contribution in [0.4, 0.5) is 0 Å². The lowest BCUT2D eigenvalue weighted by atomic mass is 10.2. The standard InChI is InChI=1S/C17H16O4/c1-3-8-20-16-9-15(19-2)10-17(11-16)21-14-6-4-13(12-18)5-7-14/h3-7,9-12H,1,8H2,2H3. The third kappa shape index (κ3) is 4.11. The maximum atomic E-state index is 10.6. The molecule has 0 amide bonds. The maximum absolute atomic E-state index is 10.6. The third-order valence-electron chi connectivity index (χ3n) is 2.71. The second kappa shape index (κ2) is 7.14. The van der Waals surface area contributed by atoms with E-state index in [1.54, 1.807) is 55.7 Å². The van der Waals surface area contributed by atoms with Gasteiger partial charge in [-0.25, -0.2) is 0 Å². The topological polar surface area (TPSA) is 44.8 Å². The van der Waals surface area contributed by atoms with E-state index in [1.165, 1.54) is 0 Å². The molecule has 0 heterocycles. The molecular weight excluding hydrogens is 268 g/mol. The van der Waals surface area contributed by atoms with E-state index < -0.39 is 0 Å². The fraction of sp³-hybridized carbons (Fsp3) is 0.118. The first-order chi connectivity index (χ1) is 10.2. The predicted molar refractivity (Wildman–Crippen MR) is 80.6 cm³/mol. The van der Waals surface area contributed by atoms with Crippen LogP contribution >= 0.6 is 0 Å². The number of hydrogen-bond donors (Lipinski definition) is 0. The molecule has 0 saturated heterocycles. The molecule has 2 rings (SSSR count). The molecule has 2 aromatic rings. The van der Waals surface area contributed by atoms with E-state index in [1.807, 2.05) is 0 Å². The average molecular weight is 284 g/mol. The van der Waals surface area contributed by atoms with Gasteiger partial charge in [-0.05, 0) is 24.3 Å². The first-order valence-corrected chi connectivity index (χ1v) is 6.41. The Kier molecular flexibility index (Phi) is 4.99. The van der Waals surface area contributed by atoms with Gasteiger partial charge in [0.05, 0.1) is 7.11 Å². The maximum Gasteiger partial charge on any atom is 0.150 e. The minimum atomic E-state index is 0.403. The summed E-state index contributed by atoms with van der Waals surface area (Å²) >= 11 is 0. The highest BCUT2D eigenvalue weighted by molar-refractivity contribution is 5.74. The fourth-order valence-electron chi connectivity index (χ4n) is 1.71. The van der Waals surface area contributed by atoms with Gasteiger partial charge in [-0.3, -0.25) is 4.79 Å². The molecule has 0 aliphatic heterocycles. The fourth-order valence-corrected chi connectivity index (χ4v) is 1.71. The van der Waals surface area contributed by atoms with E-state index in [4.69, 9.17) is 14.2 Å². The first-order valence-electron chi connectivity index (χ1n) is 6.41. The highest BCUT2D eigenvalue weighted by Crippen LogP contribution is 2.31. The van der Waals surface area contributed by atoms with Gasteiger partial charge in [0.25, 0.3) is 0 Å². The monoisotopic (exact) mass is 284 g/mol. The van der Waals surface area contributed by atoms with Crippen LogP contribution in [0.5, 0.6) is 23.0 Å². The van der Waals surface area contributed by atoms with Crippen LogP contribution in [0.1, 0.15) is 10.4 Å². The quantitative estimate of drug-likeness (QED) is 0.572. The lowest BCUT2D eigenvalue weighted by Gasteiger charge is -2.11. The lowest BCUT2D eigenvalue weighted by molar-refractivity contribution is 0.112. The van der Waals surface area contributed by atoms with Gasteiger partial charge in [0, 0.05) is 23.8 Å². The number of benzene rings is 2. The van der Waals surface area contributed by atoms with Crippen molar-refractivity contribution in [2.45, 2.75) is 0 Å². The summed E-state index contributed by atoms with van der Waals surface area (Å²) in [4.78, 5) is 10.6. The Morgan fingerprint density at radius 1 is 1.00 bits per heavy atom. The Morgan fingerprint density at radius 3 is 2.29 bits per heavy atom. The summed E-state index contributed by atoms with van der Waals surface area (Å²) in [6.45, 7) is 4.01. The Bertz CT molecular complexity index is 617. The number of ether oxygens (including phenoxy) is 3. The van der Waals surface area contributed by atoms with Gasteiger partial charge >= 0.3 is 0 Å². The summed E-state index contributed by atoms with van der Waals surface area (Å²) < 4.78 is 16.4. The summed E-state index contributed by atoms with van der Waals surface area (Å²) in [5.74, 6) is 2.49. The molecule has 4 nitrogen and oxygen atoms in total. The molecule has 0 unspecified atom stereocenters. The van der Waals surface area contributed by atoms with E-state index in [-0.39, 0.29) is 0 Å². The number of carbonyl (C=O) groups excluding carboxylic acids is 1. The second-order valence-electron chi connectivity index (χ2n) is 4.23. The Morgan fingerprint density at radius 2 is 1.67 bits per heavy atom. The van der Waals surface area contributed by atoms with Gasteiger partial charge in [-0.1, -0.05) is 12.7 Å². The van der Waals surface area contributed by atoms with Crippen molar-refractivity contribution in [3.63, 3.8) is 0 Å². The van der Waals surface area contributed by atoms with Crippen LogP contribution in [0.3, 0.4) is 0 Å². The van der Waals surface area contributed by atoms with Gasteiger partial charge in [0.15, 0.2) is 0 Å². The van der Waals surface area contributed by atoms with Crippen molar-refractivity contribution in [1.82, 2.24) is 0 Å². The number of methoxy groups -OCH3 is 1. The van der Waals surface area contributed by atoms with E-state index in [9.17, 15) is 4.79 Å². The minimum absolute atomic E-state index is 0.403. The van der Waals surface area contributed by atoms with Crippen molar-refractivity contribution < 1.29 is 19.0 Å². The van der Waals surface area contributed by atoms with E-state index in [2.05, 4.69) is 6.58 Å². The molecule has 21 heavy (non-hydrogen) atoms. The number of carbonyl (C=O) groups is 1. The molecule has 0 bridgehead atoms. The molecule has 2 aromatic carbocycles. The molecule has 0 aliphatic carbocycles. The van der Waals surface area contributed by atoms with Crippen LogP contribution in [-0.2, 0) is 0 Å². The lowest BCUT2D eigenvalue weighted by Crippen LogP contribution is -1.95. The van der Waals surface area contributed by atoms with Gasteiger partial charge in [0.1, 0.15) is 35.9 Å². The molecule has 0 spiro atoms. The number of hydrogen-bond acceptors (Lipinski definition) is 4. The van der Waals surface area contributed by atoms with Crippen LogP contribution < -0.4 is 14.2 Å². The SMILES string of the molecule is C=CCOc1cc(OC)cc(Oc2ccc(C=O)cc2)c1. The minimum Gasteiger partial charge on any atom is -0.496 e. The number of aldehydes is 1. The molecular formula is C17H16O4. The zero-order valence-electron chi connectivity index (χ0n) is 11.7. The average Bonchev–Trinajstić information content (AvgIpc) is 2.53. The van der Waals surface area contributed by atoms with Gasteiger partial charge in [-0.2, -0.15) is 0 Å². The third-order valence-corrected chi connectivity index (χ3v) is 2.71. The van der Waals surface area contributed by atoms with Crippen molar-refractivity contribution in [3.8, 4) is 23.0 Å². The van der Waals surface area contributed by atoms with Crippen molar-refractivity contribution in [2.75, 3.05) is 13.7 Å². The summed E-state index contributed by atoms with van der Waals surface area (Å²) in [6, 6.07) is 12.1. The summed E-state index contributed by atoms with van der Waals surface area (Å²) in [5.41, 5.74) is 0.600. The summed E-state index contributed by atoms with van der Waals surface area (Å²) in [6.07, 6.45) is 2.45. The predicted octanol–water partition coefficient (Wildman–Crippen LogP) is 3.86. The number of rotatable bonds is 7. The molecule has 0 N–H and O–H groups in total. The Hall–Kier alpha value is -2.75. The van der Waals surface area contributed by atoms with Gasteiger partial charge in [-0.15, -0.1) is 0 Å². The van der Waals surface area contributed by atoms with Crippen LogP contribution in [-0.4, -0.2) is 20.0 Å². The Balaban J connectivity index is 2.20. The van der Waals surface area contributed by atoms with Crippen molar-refractivity contribution >= 4 is 6.29 Å².